The van der Waals surface area contributed by atoms with Crippen molar-refractivity contribution in [3.63, 3.8) is 0 Å². The standard InChI is InChI=1S/C28H35N3O5/c1-18-7-6-16-31(18)28(36)25(33)24(32)27(35)29-17-19-12-14-20(15-13-19)22-10-4-5-11-23(22)26(34)30-21-8-2-3-9-21/h4-5,10-15,18,21,24-25,32-33H,2-3,6-9,16-17H2,1H3,(H,29,35)(H,30,34)/t18-,24+,25+/m0/s1. The predicted molar refractivity (Wildman–Crippen MR) is 136 cm³/mol. The van der Waals surface area contributed by atoms with E-state index in [1.165, 1.54) is 4.90 Å². The van der Waals surface area contributed by atoms with Crippen LogP contribution in [0, 0.1) is 0 Å². The molecule has 0 aromatic heterocycles. The zero-order valence-corrected chi connectivity index (χ0v) is 20.7. The molecule has 0 unspecified atom stereocenters. The fourth-order valence-corrected chi connectivity index (χ4v) is 5.07. The molecule has 2 aromatic rings. The van der Waals surface area contributed by atoms with Gasteiger partial charge in [0.25, 0.3) is 17.7 Å². The van der Waals surface area contributed by atoms with E-state index in [1.807, 2.05) is 55.5 Å². The van der Waals surface area contributed by atoms with Crippen LogP contribution in [0.3, 0.4) is 0 Å². The van der Waals surface area contributed by atoms with E-state index in [0.717, 1.165) is 55.2 Å². The molecule has 36 heavy (non-hydrogen) atoms. The van der Waals surface area contributed by atoms with Gasteiger partial charge in [-0.15, -0.1) is 0 Å². The Morgan fingerprint density at radius 1 is 0.944 bits per heavy atom. The Bertz CT molecular complexity index is 1080. The van der Waals surface area contributed by atoms with Crippen molar-refractivity contribution in [2.24, 2.45) is 0 Å². The van der Waals surface area contributed by atoms with E-state index in [1.54, 1.807) is 0 Å². The molecule has 2 aromatic carbocycles. The minimum Gasteiger partial charge on any atom is -0.380 e. The maximum absolute atomic E-state index is 12.9. The number of amides is 3. The van der Waals surface area contributed by atoms with Gasteiger partial charge in [-0.3, -0.25) is 14.4 Å². The van der Waals surface area contributed by atoms with Gasteiger partial charge in [0.05, 0.1) is 0 Å². The van der Waals surface area contributed by atoms with E-state index < -0.39 is 24.0 Å². The maximum Gasteiger partial charge on any atom is 0.254 e. The fourth-order valence-electron chi connectivity index (χ4n) is 5.07. The molecule has 0 bridgehead atoms. The monoisotopic (exact) mass is 493 g/mol. The summed E-state index contributed by atoms with van der Waals surface area (Å²) in [7, 11) is 0. The number of benzene rings is 2. The van der Waals surface area contributed by atoms with Crippen LogP contribution >= 0.6 is 0 Å². The molecule has 8 heteroatoms. The molecule has 192 valence electrons. The highest BCUT2D eigenvalue weighted by molar-refractivity contribution is 6.01. The molecule has 8 nitrogen and oxygen atoms in total. The average Bonchev–Trinajstić information content (AvgIpc) is 3.57. The van der Waals surface area contributed by atoms with Crippen LogP contribution in [0.25, 0.3) is 11.1 Å². The smallest absolute Gasteiger partial charge is 0.254 e. The lowest BCUT2D eigenvalue weighted by Crippen LogP contribution is -2.51. The number of carbonyl (C=O) groups is 3. The molecule has 1 saturated heterocycles. The van der Waals surface area contributed by atoms with Crippen molar-refractivity contribution in [2.45, 2.75) is 76.3 Å². The number of aliphatic hydroxyl groups excluding tert-OH is 2. The van der Waals surface area contributed by atoms with Gasteiger partial charge >= 0.3 is 0 Å². The van der Waals surface area contributed by atoms with Crippen molar-refractivity contribution < 1.29 is 24.6 Å². The van der Waals surface area contributed by atoms with Crippen LogP contribution < -0.4 is 10.6 Å². The first-order chi connectivity index (χ1) is 17.3. The highest BCUT2D eigenvalue weighted by atomic mass is 16.3. The Morgan fingerprint density at radius 3 is 2.31 bits per heavy atom. The second kappa shape index (κ2) is 11.7. The average molecular weight is 494 g/mol. The summed E-state index contributed by atoms with van der Waals surface area (Å²) in [4.78, 5) is 39.2. The largest absolute Gasteiger partial charge is 0.380 e. The van der Waals surface area contributed by atoms with Gasteiger partial charge in [-0.05, 0) is 55.4 Å². The molecule has 2 aliphatic rings. The summed E-state index contributed by atoms with van der Waals surface area (Å²) in [5, 5.41) is 26.2. The van der Waals surface area contributed by atoms with Crippen molar-refractivity contribution in [3.8, 4) is 11.1 Å². The van der Waals surface area contributed by atoms with Crippen molar-refractivity contribution in [1.29, 1.82) is 0 Å². The van der Waals surface area contributed by atoms with Gasteiger partial charge in [0, 0.05) is 30.7 Å². The van der Waals surface area contributed by atoms with Gasteiger partial charge in [0.15, 0.2) is 12.2 Å². The molecule has 3 amide bonds. The number of nitrogens with one attached hydrogen (secondary N) is 2. The van der Waals surface area contributed by atoms with Gasteiger partial charge in [-0.2, -0.15) is 0 Å². The lowest BCUT2D eigenvalue weighted by Gasteiger charge is -2.26. The molecule has 0 radical (unpaired) electrons. The quantitative estimate of drug-likeness (QED) is 0.450. The zero-order valence-electron chi connectivity index (χ0n) is 20.7. The second-order valence-corrected chi connectivity index (χ2v) is 9.83. The third-order valence-electron chi connectivity index (χ3n) is 7.25. The molecule has 1 heterocycles. The molecule has 0 spiro atoms. The number of aliphatic hydroxyl groups is 2. The molecule has 1 aliphatic heterocycles. The van der Waals surface area contributed by atoms with Crippen LogP contribution in [-0.2, 0) is 16.1 Å². The molecule has 4 rings (SSSR count). The highest BCUT2D eigenvalue weighted by Crippen LogP contribution is 2.25. The number of likely N-dealkylation sites (tertiary alicyclic amines) is 1. The highest BCUT2D eigenvalue weighted by Gasteiger charge is 2.36. The van der Waals surface area contributed by atoms with Crippen LogP contribution in [0.1, 0.15) is 61.4 Å². The normalized spacial score (nSPS) is 19.6. The summed E-state index contributed by atoms with van der Waals surface area (Å²) in [5.74, 6) is -1.50. The summed E-state index contributed by atoms with van der Waals surface area (Å²) < 4.78 is 0. The SMILES string of the molecule is C[C@H]1CCCN1C(=O)[C@H](O)[C@@H](O)C(=O)NCc1ccc(-c2ccccc2C(=O)NC2CCCC2)cc1. The topological polar surface area (TPSA) is 119 Å². The van der Waals surface area contributed by atoms with Crippen molar-refractivity contribution in [3.05, 3.63) is 59.7 Å². The summed E-state index contributed by atoms with van der Waals surface area (Å²) in [6.45, 7) is 2.53. The number of hydrogen-bond acceptors (Lipinski definition) is 5. The Labute approximate surface area is 211 Å². The number of carbonyl (C=O) groups excluding carboxylic acids is 3. The van der Waals surface area contributed by atoms with E-state index in [0.29, 0.717) is 12.1 Å². The molecular formula is C28H35N3O5. The van der Waals surface area contributed by atoms with Gasteiger partial charge in [-0.1, -0.05) is 55.3 Å². The van der Waals surface area contributed by atoms with E-state index in [-0.39, 0.29) is 24.5 Å². The van der Waals surface area contributed by atoms with E-state index in [2.05, 4.69) is 10.6 Å². The molecule has 3 atom stereocenters. The molecular weight excluding hydrogens is 458 g/mol. The first-order valence-corrected chi connectivity index (χ1v) is 12.8. The Hall–Kier alpha value is -3.23. The van der Waals surface area contributed by atoms with Crippen molar-refractivity contribution in [2.75, 3.05) is 6.54 Å². The van der Waals surface area contributed by atoms with Gasteiger partial charge in [0.1, 0.15) is 0 Å². The van der Waals surface area contributed by atoms with Crippen LogP contribution in [0.15, 0.2) is 48.5 Å². The summed E-state index contributed by atoms with van der Waals surface area (Å²) >= 11 is 0. The maximum atomic E-state index is 12.9. The lowest BCUT2D eigenvalue weighted by molar-refractivity contribution is -0.153. The number of rotatable bonds is 8. The fraction of sp³-hybridized carbons (Fsp3) is 0.464. The molecule has 1 saturated carbocycles. The Balaban J connectivity index is 1.35. The minimum atomic E-state index is -1.84. The van der Waals surface area contributed by atoms with Crippen LogP contribution in [-0.4, -0.2) is 63.7 Å². The van der Waals surface area contributed by atoms with E-state index in [4.69, 9.17) is 0 Å². The van der Waals surface area contributed by atoms with Gasteiger partial charge in [0.2, 0.25) is 0 Å². The van der Waals surface area contributed by atoms with E-state index in [9.17, 15) is 24.6 Å². The number of hydrogen-bond donors (Lipinski definition) is 4. The Morgan fingerprint density at radius 2 is 1.64 bits per heavy atom. The first-order valence-electron chi connectivity index (χ1n) is 12.8. The summed E-state index contributed by atoms with van der Waals surface area (Å²) in [6, 6.07) is 15.1. The lowest BCUT2D eigenvalue weighted by atomic mass is 9.98. The third-order valence-corrected chi connectivity index (χ3v) is 7.25. The molecule has 4 N–H and O–H groups in total. The van der Waals surface area contributed by atoms with Crippen molar-refractivity contribution >= 4 is 17.7 Å². The number of nitrogens with zero attached hydrogens (tertiary/aromatic N) is 1. The van der Waals surface area contributed by atoms with Crippen LogP contribution in [0.5, 0.6) is 0 Å². The Kier molecular flexibility index (Phi) is 8.38. The third kappa shape index (κ3) is 5.94. The summed E-state index contributed by atoms with van der Waals surface area (Å²) in [6.07, 6.45) is 2.38. The van der Waals surface area contributed by atoms with Crippen LogP contribution in [0.4, 0.5) is 0 Å². The van der Waals surface area contributed by atoms with Gasteiger partial charge in [-0.25, -0.2) is 0 Å². The molecule has 1 aliphatic carbocycles. The second-order valence-electron chi connectivity index (χ2n) is 9.83. The van der Waals surface area contributed by atoms with Crippen LogP contribution in [0.2, 0.25) is 0 Å². The van der Waals surface area contributed by atoms with Gasteiger partial charge < -0.3 is 25.7 Å². The summed E-state index contributed by atoms with van der Waals surface area (Å²) in [5.41, 5.74) is 3.11. The predicted octanol–water partition coefficient (Wildman–Crippen LogP) is 2.37. The zero-order chi connectivity index (χ0) is 25.7. The first kappa shape index (κ1) is 25.9. The minimum absolute atomic E-state index is 0.0140. The van der Waals surface area contributed by atoms with E-state index >= 15 is 0 Å². The van der Waals surface area contributed by atoms with Crippen molar-refractivity contribution in [1.82, 2.24) is 15.5 Å². The molecule has 2 fully saturated rings.